The predicted octanol–water partition coefficient (Wildman–Crippen LogP) is 1.49. The van der Waals surface area contributed by atoms with Crippen LogP contribution in [-0.2, 0) is 4.79 Å². The maximum atomic E-state index is 12.2. The fraction of sp³-hybridized carbons (Fsp3) is 0.385. The molecular weight excluding hydrogens is 266 g/mol. The van der Waals surface area contributed by atoms with Gasteiger partial charge in [0.1, 0.15) is 6.04 Å². The Balaban J connectivity index is 2.40. The van der Waals surface area contributed by atoms with Gasteiger partial charge in [-0.1, -0.05) is 29.8 Å². The molecule has 1 aromatic carbocycles. The predicted molar refractivity (Wildman–Crippen MR) is 73.0 cm³/mol. The Bertz CT molecular complexity index is 504. The number of halogens is 1. The zero-order chi connectivity index (χ0) is 14.0. The van der Waals surface area contributed by atoms with Gasteiger partial charge in [0.15, 0.2) is 0 Å². The van der Waals surface area contributed by atoms with Crippen molar-refractivity contribution >= 4 is 23.5 Å². The lowest BCUT2D eigenvalue weighted by Crippen LogP contribution is -2.54. The molecule has 0 unspecified atom stereocenters. The Morgan fingerprint density at radius 2 is 2.11 bits per heavy atom. The monoisotopic (exact) mass is 281 g/mol. The van der Waals surface area contributed by atoms with Gasteiger partial charge in [-0.2, -0.15) is 0 Å². The van der Waals surface area contributed by atoms with Crippen molar-refractivity contribution in [3.05, 3.63) is 34.9 Å². The van der Waals surface area contributed by atoms with Gasteiger partial charge >= 0.3 is 6.03 Å². The van der Waals surface area contributed by atoms with Crippen LogP contribution in [0.3, 0.4) is 0 Å². The summed E-state index contributed by atoms with van der Waals surface area (Å²) in [5.41, 5.74) is 0.650. The number of nitrogens with one attached hydrogen (secondary N) is 1. The van der Waals surface area contributed by atoms with E-state index in [1.807, 2.05) is 0 Å². The maximum Gasteiger partial charge on any atom is 0.320 e. The maximum absolute atomic E-state index is 12.2. The van der Waals surface area contributed by atoms with E-state index in [0.29, 0.717) is 23.7 Å². The Labute approximate surface area is 117 Å². The van der Waals surface area contributed by atoms with Crippen LogP contribution in [0.15, 0.2) is 24.3 Å². The molecule has 1 N–H and O–H groups in total. The van der Waals surface area contributed by atoms with Crippen molar-refractivity contribution in [3.8, 4) is 0 Å². The van der Waals surface area contributed by atoms with E-state index in [9.17, 15) is 9.59 Å². The highest BCUT2D eigenvalue weighted by Crippen LogP contribution is 2.29. The largest absolute Gasteiger partial charge is 0.352 e. The van der Waals surface area contributed by atoms with E-state index in [4.69, 9.17) is 11.6 Å². The minimum atomic E-state index is -0.669. The molecule has 1 atom stereocenters. The number of amides is 3. The fourth-order valence-corrected chi connectivity index (χ4v) is 2.37. The van der Waals surface area contributed by atoms with E-state index in [-0.39, 0.29) is 11.9 Å². The summed E-state index contributed by atoms with van der Waals surface area (Å²) in [4.78, 5) is 27.3. The van der Waals surface area contributed by atoms with Crippen molar-refractivity contribution in [2.45, 2.75) is 6.04 Å². The molecule has 3 amide bonds. The molecule has 1 fully saturated rings. The molecule has 0 spiro atoms. The minimum absolute atomic E-state index is 0.195. The summed E-state index contributed by atoms with van der Waals surface area (Å²) in [5.74, 6) is -0.199. The van der Waals surface area contributed by atoms with Crippen LogP contribution in [0, 0.1) is 0 Å². The molecule has 1 saturated heterocycles. The molecule has 1 aliphatic heterocycles. The average Bonchev–Trinajstić information content (AvgIpc) is 2.38. The lowest BCUT2D eigenvalue weighted by Gasteiger charge is -2.37. The van der Waals surface area contributed by atoms with Crippen LogP contribution in [0.1, 0.15) is 11.6 Å². The second-order valence-corrected chi connectivity index (χ2v) is 4.99. The Morgan fingerprint density at radius 3 is 2.74 bits per heavy atom. The number of hydrogen-bond donors (Lipinski definition) is 1. The number of benzene rings is 1. The first-order chi connectivity index (χ1) is 9.02. The van der Waals surface area contributed by atoms with Gasteiger partial charge in [-0.15, -0.1) is 0 Å². The van der Waals surface area contributed by atoms with Gasteiger partial charge in [0, 0.05) is 37.8 Å². The first kappa shape index (κ1) is 13.7. The van der Waals surface area contributed by atoms with Gasteiger partial charge in [0.25, 0.3) is 0 Å². The summed E-state index contributed by atoms with van der Waals surface area (Å²) in [6.07, 6.45) is 0. The molecule has 102 valence electrons. The number of piperazine rings is 1. The summed E-state index contributed by atoms with van der Waals surface area (Å²) in [7, 11) is 3.33. The summed E-state index contributed by atoms with van der Waals surface area (Å²) in [6.45, 7) is 0.929. The zero-order valence-electron chi connectivity index (χ0n) is 10.9. The van der Waals surface area contributed by atoms with Crippen molar-refractivity contribution in [1.82, 2.24) is 15.1 Å². The summed E-state index contributed by atoms with van der Waals surface area (Å²) in [6, 6.07) is 6.23. The number of carbonyl (C=O) groups is 2. The number of hydrogen-bond acceptors (Lipinski definition) is 2. The number of rotatable bonds is 1. The first-order valence-electron chi connectivity index (χ1n) is 6.02. The number of carbonyl (C=O) groups excluding carboxylic acids is 2. The molecular formula is C13H16ClN3O2. The second-order valence-electron chi connectivity index (χ2n) is 4.59. The normalized spacial score (nSPS) is 19.0. The molecule has 0 aromatic heterocycles. The van der Waals surface area contributed by atoms with Gasteiger partial charge in [0.05, 0.1) is 0 Å². The van der Waals surface area contributed by atoms with Crippen LogP contribution in [0.25, 0.3) is 0 Å². The molecule has 0 bridgehead atoms. The highest BCUT2D eigenvalue weighted by Gasteiger charge is 2.36. The third-order valence-electron chi connectivity index (χ3n) is 3.04. The van der Waals surface area contributed by atoms with Gasteiger partial charge in [-0.05, 0) is 6.07 Å². The van der Waals surface area contributed by atoms with E-state index >= 15 is 0 Å². The SMILES string of the molecule is CN(C)C(=O)N1CCNC(=O)[C@@H]1c1ccccc1Cl. The van der Waals surface area contributed by atoms with Gasteiger partial charge < -0.3 is 15.1 Å². The van der Waals surface area contributed by atoms with E-state index in [2.05, 4.69) is 5.32 Å². The standard InChI is InChI=1S/C13H16ClN3O2/c1-16(2)13(19)17-8-7-15-12(18)11(17)9-5-3-4-6-10(9)14/h3-6,11H,7-8H2,1-2H3,(H,15,18)/t11-/m0/s1. The van der Waals surface area contributed by atoms with Crippen molar-refractivity contribution in [2.24, 2.45) is 0 Å². The molecule has 1 aromatic rings. The Hall–Kier alpha value is -1.75. The second kappa shape index (κ2) is 5.48. The quantitative estimate of drug-likeness (QED) is 0.848. The molecule has 0 saturated carbocycles. The molecule has 0 radical (unpaired) electrons. The van der Waals surface area contributed by atoms with Crippen molar-refractivity contribution in [2.75, 3.05) is 27.2 Å². The molecule has 0 aliphatic carbocycles. The smallest absolute Gasteiger partial charge is 0.320 e. The van der Waals surface area contributed by atoms with E-state index in [0.717, 1.165) is 0 Å². The topological polar surface area (TPSA) is 52.7 Å². The lowest BCUT2D eigenvalue weighted by atomic mass is 10.0. The van der Waals surface area contributed by atoms with Crippen LogP contribution >= 0.6 is 11.6 Å². The van der Waals surface area contributed by atoms with E-state index in [1.54, 1.807) is 43.3 Å². The molecule has 19 heavy (non-hydrogen) atoms. The zero-order valence-corrected chi connectivity index (χ0v) is 11.6. The van der Waals surface area contributed by atoms with Crippen LogP contribution in [-0.4, -0.2) is 48.9 Å². The molecule has 1 heterocycles. The molecule has 2 rings (SSSR count). The number of nitrogens with zero attached hydrogens (tertiary/aromatic N) is 2. The summed E-state index contributed by atoms with van der Waals surface area (Å²) >= 11 is 6.14. The van der Waals surface area contributed by atoms with E-state index in [1.165, 1.54) is 4.90 Å². The third kappa shape index (κ3) is 2.66. The molecule has 5 nitrogen and oxygen atoms in total. The van der Waals surface area contributed by atoms with Crippen LogP contribution in [0.4, 0.5) is 4.79 Å². The highest BCUT2D eigenvalue weighted by atomic mass is 35.5. The van der Waals surface area contributed by atoms with Gasteiger partial charge in [-0.3, -0.25) is 4.79 Å². The Kier molecular flexibility index (Phi) is 3.95. The third-order valence-corrected chi connectivity index (χ3v) is 3.38. The van der Waals surface area contributed by atoms with Crippen LogP contribution < -0.4 is 5.32 Å². The average molecular weight is 282 g/mol. The van der Waals surface area contributed by atoms with Crippen molar-refractivity contribution in [1.29, 1.82) is 0 Å². The highest BCUT2D eigenvalue weighted by molar-refractivity contribution is 6.31. The summed E-state index contributed by atoms with van der Waals surface area (Å²) in [5, 5.41) is 3.26. The van der Waals surface area contributed by atoms with Crippen LogP contribution in [0.5, 0.6) is 0 Å². The lowest BCUT2D eigenvalue weighted by molar-refractivity contribution is -0.128. The van der Waals surface area contributed by atoms with Crippen molar-refractivity contribution < 1.29 is 9.59 Å². The Morgan fingerprint density at radius 1 is 1.42 bits per heavy atom. The minimum Gasteiger partial charge on any atom is -0.352 e. The number of urea groups is 1. The van der Waals surface area contributed by atoms with E-state index < -0.39 is 6.04 Å². The van der Waals surface area contributed by atoms with Gasteiger partial charge in [-0.25, -0.2) is 4.79 Å². The van der Waals surface area contributed by atoms with Crippen LogP contribution in [0.2, 0.25) is 5.02 Å². The summed E-state index contributed by atoms with van der Waals surface area (Å²) < 4.78 is 0. The fourth-order valence-electron chi connectivity index (χ4n) is 2.14. The van der Waals surface area contributed by atoms with Crippen molar-refractivity contribution in [3.63, 3.8) is 0 Å². The molecule has 6 heteroatoms. The molecule has 1 aliphatic rings. The first-order valence-corrected chi connectivity index (χ1v) is 6.40. The van der Waals surface area contributed by atoms with Gasteiger partial charge in [0.2, 0.25) is 5.91 Å².